The van der Waals surface area contributed by atoms with Gasteiger partial charge in [-0.25, -0.2) is 0 Å². The van der Waals surface area contributed by atoms with E-state index < -0.39 is 0 Å². The summed E-state index contributed by atoms with van der Waals surface area (Å²) >= 11 is 0. The molecule has 0 spiro atoms. The van der Waals surface area contributed by atoms with Gasteiger partial charge in [-0.1, -0.05) is 31.0 Å². The summed E-state index contributed by atoms with van der Waals surface area (Å²) in [6, 6.07) is 6.29. The van der Waals surface area contributed by atoms with Crippen molar-refractivity contribution in [2.45, 2.75) is 38.8 Å². The average molecular weight is 191 g/mol. The van der Waals surface area contributed by atoms with E-state index in [1.807, 2.05) is 6.07 Å². The van der Waals surface area contributed by atoms with E-state index in [-0.39, 0.29) is 12.1 Å². The second-order valence-corrected chi connectivity index (χ2v) is 4.01. The van der Waals surface area contributed by atoms with Crippen LogP contribution in [0.1, 0.15) is 36.9 Å². The van der Waals surface area contributed by atoms with Gasteiger partial charge in [-0.2, -0.15) is 0 Å². The third-order valence-corrected chi connectivity index (χ3v) is 2.78. The first-order chi connectivity index (χ1) is 6.72. The van der Waals surface area contributed by atoms with Crippen LogP contribution in [0.25, 0.3) is 0 Å². The van der Waals surface area contributed by atoms with Crippen LogP contribution in [-0.4, -0.2) is 6.10 Å². The molecule has 1 aliphatic heterocycles. The van der Waals surface area contributed by atoms with Crippen molar-refractivity contribution < 1.29 is 4.74 Å². The van der Waals surface area contributed by atoms with Crippen LogP contribution in [0.15, 0.2) is 18.2 Å². The number of ether oxygens (including phenoxy) is 1. The summed E-state index contributed by atoms with van der Waals surface area (Å²) in [5, 5.41) is 0. The molecule has 1 aromatic carbocycles. The molecule has 14 heavy (non-hydrogen) atoms. The number of fused-ring (bicyclic) bond motifs is 1. The second-order valence-electron chi connectivity index (χ2n) is 4.01. The summed E-state index contributed by atoms with van der Waals surface area (Å²) in [6.07, 6.45) is 2.33. The van der Waals surface area contributed by atoms with Crippen molar-refractivity contribution >= 4 is 0 Å². The van der Waals surface area contributed by atoms with Crippen molar-refractivity contribution in [1.82, 2.24) is 0 Å². The van der Waals surface area contributed by atoms with Crippen molar-refractivity contribution in [2.75, 3.05) is 0 Å². The summed E-state index contributed by atoms with van der Waals surface area (Å²) < 4.78 is 5.79. The summed E-state index contributed by atoms with van der Waals surface area (Å²) in [5.41, 5.74) is 8.54. The zero-order valence-corrected chi connectivity index (χ0v) is 8.79. The van der Waals surface area contributed by atoms with Crippen LogP contribution < -0.4 is 10.5 Å². The molecule has 0 aromatic heterocycles. The predicted molar refractivity (Wildman–Crippen MR) is 57.4 cm³/mol. The van der Waals surface area contributed by atoms with Gasteiger partial charge in [0, 0.05) is 5.56 Å². The van der Waals surface area contributed by atoms with Crippen LogP contribution in [0.5, 0.6) is 5.75 Å². The summed E-state index contributed by atoms with van der Waals surface area (Å²) in [5.74, 6) is 0.974. The highest BCUT2D eigenvalue weighted by atomic mass is 16.5. The van der Waals surface area contributed by atoms with Crippen LogP contribution in [0.3, 0.4) is 0 Å². The quantitative estimate of drug-likeness (QED) is 0.779. The lowest BCUT2D eigenvalue weighted by atomic mass is 10.0. The molecule has 0 amide bonds. The van der Waals surface area contributed by atoms with Crippen LogP contribution >= 0.6 is 0 Å². The van der Waals surface area contributed by atoms with Gasteiger partial charge in [0.1, 0.15) is 11.9 Å². The normalized spacial score (nSPS) is 24.5. The monoisotopic (exact) mass is 191 g/mol. The van der Waals surface area contributed by atoms with E-state index in [9.17, 15) is 0 Å². The molecule has 2 N–H and O–H groups in total. The fourth-order valence-electron chi connectivity index (χ4n) is 2.00. The molecular weight excluding hydrogens is 174 g/mol. The van der Waals surface area contributed by atoms with E-state index in [1.54, 1.807) is 0 Å². The lowest BCUT2D eigenvalue weighted by Gasteiger charge is -2.13. The van der Waals surface area contributed by atoms with E-state index >= 15 is 0 Å². The third-order valence-electron chi connectivity index (χ3n) is 2.78. The van der Waals surface area contributed by atoms with Gasteiger partial charge in [0.05, 0.1) is 6.04 Å². The van der Waals surface area contributed by atoms with Crippen molar-refractivity contribution in [1.29, 1.82) is 0 Å². The Kier molecular flexibility index (Phi) is 2.46. The van der Waals surface area contributed by atoms with E-state index in [0.29, 0.717) is 0 Å². The first-order valence-electron chi connectivity index (χ1n) is 5.25. The minimum Gasteiger partial charge on any atom is -0.488 e. The Morgan fingerprint density at radius 3 is 2.93 bits per heavy atom. The molecule has 0 radical (unpaired) electrons. The summed E-state index contributed by atoms with van der Waals surface area (Å²) in [7, 11) is 0. The maximum absolute atomic E-state index is 6.12. The van der Waals surface area contributed by atoms with Gasteiger partial charge in [-0.15, -0.1) is 0 Å². The highest BCUT2D eigenvalue weighted by Crippen LogP contribution is 2.37. The van der Waals surface area contributed by atoms with Crippen LogP contribution in [0.4, 0.5) is 0 Å². The Bertz CT molecular complexity index is 335. The molecule has 0 fully saturated rings. The molecule has 1 aromatic rings. The van der Waals surface area contributed by atoms with Crippen LogP contribution in [0.2, 0.25) is 0 Å². The van der Waals surface area contributed by atoms with Crippen molar-refractivity contribution in [3.8, 4) is 5.75 Å². The molecule has 1 heterocycles. The van der Waals surface area contributed by atoms with Crippen molar-refractivity contribution in [3.63, 3.8) is 0 Å². The molecule has 2 nitrogen and oxygen atoms in total. The van der Waals surface area contributed by atoms with E-state index in [0.717, 1.165) is 18.6 Å². The van der Waals surface area contributed by atoms with Gasteiger partial charge >= 0.3 is 0 Å². The number of hydrogen-bond acceptors (Lipinski definition) is 2. The molecule has 0 bridgehead atoms. The maximum atomic E-state index is 6.12. The Labute approximate surface area is 85.1 Å². The number of aryl methyl sites for hydroxylation is 1. The van der Waals surface area contributed by atoms with Gasteiger partial charge in [-0.05, 0) is 19.4 Å². The van der Waals surface area contributed by atoms with Gasteiger partial charge in [0.25, 0.3) is 0 Å². The van der Waals surface area contributed by atoms with Crippen LogP contribution in [-0.2, 0) is 0 Å². The molecule has 0 saturated carbocycles. The fourth-order valence-corrected chi connectivity index (χ4v) is 2.00. The van der Waals surface area contributed by atoms with Gasteiger partial charge in [-0.3, -0.25) is 0 Å². The maximum Gasteiger partial charge on any atom is 0.124 e. The standard InChI is InChI=1S/C12H17NO/c1-3-4-11-12(13)9-7-8(2)5-6-10(9)14-11/h5-7,11-12H,3-4,13H2,1-2H3. The van der Waals surface area contributed by atoms with E-state index in [4.69, 9.17) is 10.5 Å². The second kappa shape index (κ2) is 3.62. The molecule has 2 atom stereocenters. The SMILES string of the molecule is CCCC1Oc2ccc(C)cc2C1N. The van der Waals surface area contributed by atoms with Gasteiger partial charge in [0.15, 0.2) is 0 Å². The molecule has 2 heteroatoms. The third kappa shape index (κ3) is 1.50. The largest absolute Gasteiger partial charge is 0.488 e. The molecule has 2 unspecified atom stereocenters. The number of rotatable bonds is 2. The summed E-state index contributed by atoms with van der Waals surface area (Å²) in [6.45, 7) is 4.24. The predicted octanol–water partition coefficient (Wildman–Crippen LogP) is 2.56. The van der Waals surface area contributed by atoms with Crippen LogP contribution in [0, 0.1) is 6.92 Å². The zero-order valence-electron chi connectivity index (χ0n) is 8.79. The number of hydrogen-bond donors (Lipinski definition) is 1. The highest BCUT2D eigenvalue weighted by molar-refractivity contribution is 5.42. The van der Waals surface area contributed by atoms with E-state index in [1.165, 1.54) is 11.1 Å². The van der Waals surface area contributed by atoms with Crippen molar-refractivity contribution in [3.05, 3.63) is 29.3 Å². The Morgan fingerprint density at radius 1 is 1.43 bits per heavy atom. The van der Waals surface area contributed by atoms with Crippen molar-refractivity contribution in [2.24, 2.45) is 5.73 Å². The first kappa shape index (κ1) is 9.53. The summed E-state index contributed by atoms with van der Waals surface area (Å²) in [4.78, 5) is 0. The number of benzene rings is 1. The molecule has 76 valence electrons. The Balaban J connectivity index is 2.27. The van der Waals surface area contributed by atoms with Gasteiger partial charge < -0.3 is 10.5 Å². The fraction of sp³-hybridized carbons (Fsp3) is 0.500. The minimum atomic E-state index is 0.0600. The number of nitrogens with two attached hydrogens (primary N) is 1. The Morgan fingerprint density at radius 2 is 2.21 bits per heavy atom. The molecule has 2 rings (SSSR count). The highest BCUT2D eigenvalue weighted by Gasteiger charge is 2.30. The molecule has 1 aliphatic rings. The molecular formula is C12H17NO. The van der Waals surface area contributed by atoms with Gasteiger partial charge in [0.2, 0.25) is 0 Å². The topological polar surface area (TPSA) is 35.2 Å². The smallest absolute Gasteiger partial charge is 0.124 e. The molecule has 0 saturated heterocycles. The Hall–Kier alpha value is -1.02. The first-order valence-corrected chi connectivity index (χ1v) is 5.25. The van der Waals surface area contributed by atoms with E-state index in [2.05, 4.69) is 26.0 Å². The average Bonchev–Trinajstić information content (AvgIpc) is 2.46. The molecule has 0 aliphatic carbocycles. The minimum absolute atomic E-state index is 0.0600. The lowest BCUT2D eigenvalue weighted by Crippen LogP contribution is -2.24. The zero-order chi connectivity index (χ0) is 10.1. The lowest BCUT2D eigenvalue weighted by molar-refractivity contribution is 0.195.